The van der Waals surface area contributed by atoms with Gasteiger partial charge in [-0.05, 0) is 103 Å². The van der Waals surface area contributed by atoms with Crippen molar-refractivity contribution in [3.8, 4) is 22.4 Å². The van der Waals surface area contributed by atoms with Gasteiger partial charge in [0.2, 0.25) is 5.69 Å². The highest BCUT2D eigenvalue weighted by Gasteiger charge is 2.33. The van der Waals surface area contributed by atoms with E-state index in [4.69, 9.17) is 0 Å². The van der Waals surface area contributed by atoms with Crippen molar-refractivity contribution >= 4 is 0 Å². The molecule has 0 amide bonds. The first-order chi connectivity index (χ1) is 14.7. The molecule has 1 aromatic heterocycles. The molecule has 1 fully saturated rings. The van der Waals surface area contributed by atoms with Crippen molar-refractivity contribution in [2.45, 2.75) is 72.6 Å². The van der Waals surface area contributed by atoms with E-state index in [-0.39, 0.29) is 0 Å². The summed E-state index contributed by atoms with van der Waals surface area (Å²) < 4.78 is 2.32. The molecule has 1 heterocycles. The standard InChI is InChI=1S/C30H36N/c1-19-10-11-25-26(28(19)27-16-20(2)21(3)18-31(27)6)17-23-8-7-9-24(29(23)25)22-12-14-30(4,5)15-13-22/h7-11,16,18,22H,12-15,17H2,1-6H3/q+1. The Morgan fingerprint density at radius 3 is 2.35 bits per heavy atom. The van der Waals surface area contributed by atoms with Gasteiger partial charge in [-0.1, -0.05) is 44.2 Å². The topological polar surface area (TPSA) is 3.88 Å². The number of benzene rings is 2. The molecule has 0 bridgehead atoms. The Balaban J connectivity index is 1.65. The highest BCUT2D eigenvalue weighted by molar-refractivity contribution is 5.87. The number of rotatable bonds is 2. The third kappa shape index (κ3) is 3.43. The molecule has 1 heteroatoms. The minimum Gasteiger partial charge on any atom is -0.201 e. The van der Waals surface area contributed by atoms with Gasteiger partial charge in [0.25, 0.3) is 0 Å². The zero-order valence-corrected chi connectivity index (χ0v) is 20.1. The summed E-state index contributed by atoms with van der Waals surface area (Å²) in [7, 11) is 2.19. The minimum atomic E-state index is 0.509. The Kier molecular flexibility index (Phi) is 4.84. The molecule has 0 saturated heterocycles. The van der Waals surface area contributed by atoms with Crippen LogP contribution in [0.4, 0.5) is 0 Å². The first-order valence-electron chi connectivity index (χ1n) is 12.0. The number of nitrogens with zero attached hydrogens (tertiary/aromatic N) is 1. The Bertz CT molecular complexity index is 1170. The van der Waals surface area contributed by atoms with Gasteiger partial charge >= 0.3 is 0 Å². The number of hydrogen-bond acceptors (Lipinski definition) is 0. The maximum absolute atomic E-state index is 2.44. The van der Waals surface area contributed by atoms with Crippen LogP contribution in [0.25, 0.3) is 22.4 Å². The molecular weight excluding hydrogens is 374 g/mol. The highest BCUT2D eigenvalue weighted by Crippen LogP contribution is 2.49. The quantitative estimate of drug-likeness (QED) is 0.304. The van der Waals surface area contributed by atoms with E-state index in [1.807, 2.05) is 0 Å². The number of fused-ring (bicyclic) bond motifs is 3. The Labute approximate surface area is 188 Å². The van der Waals surface area contributed by atoms with Crippen LogP contribution < -0.4 is 4.57 Å². The van der Waals surface area contributed by atoms with Crippen molar-refractivity contribution in [1.82, 2.24) is 0 Å². The summed E-state index contributed by atoms with van der Waals surface area (Å²) in [4.78, 5) is 0. The van der Waals surface area contributed by atoms with Crippen LogP contribution in [0.3, 0.4) is 0 Å². The largest absolute Gasteiger partial charge is 0.213 e. The molecule has 0 aliphatic heterocycles. The van der Waals surface area contributed by atoms with Crippen LogP contribution >= 0.6 is 0 Å². The molecule has 0 spiro atoms. The molecule has 0 atom stereocenters. The maximum Gasteiger partial charge on any atom is 0.213 e. The molecule has 3 aromatic rings. The van der Waals surface area contributed by atoms with E-state index in [2.05, 4.69) is 88.8 Å². The van der Waals surface area contributed by atoms with Gasteiger partial charge in [-0.3, -0.25) is 0 Å². The lowest BCUT2D eigenvalue weighted by atomic mass is 9.70. The highest BCUT2D eigenvalue weighted by atomic mass is 14.9. The molecule has 1 saturated carbocycles. The Morgan fingerprint density at radius 1 is 0.871 bits per heavy atom. The van der Waals surface area contributed by atoms with Crippen molar-refractivity contribution in [3.05, 3.63) is 76.0 Å². The number of pyridine rings is 1. The Morgan fingerprint density at radius 2 is 1.61 bits per heavy atom. The van der Waals surface area contributed by atoms with E-state index >= 15 is 0 Å². The molecular formula is C30H36N+. The maximum atomic E-state index is 2.44. The van der Waals surface area contributed by atoms with Gasteiger partial charge in [-0.15, -0.1) is 0 Å². The fourth-order valence-electron chi connectivity index (χ4n) is 6.01. The molecule has 0 radical (unpaired) electrons. The van der Waals surface area contributed by atoms with Gasteiger partial charge in [0, 0.05) is 11.6 Å². The molecule has 2 aromatic carbocycles. The smallest absolute Gasteiger partial charge is 0.201 e. The predicted octanol–water partition coefficient (Wildman–Crippen LogP) is 7.36. The molecule has 0 unspecified atom stereocenters. The average molecular weight is 411 g/mol. The normalized spacial score (nSPS) is 17.5. The molecule has 2 aliphatic rings. The van der Waals surface area contributed by atoms with Crippen LogP contribution in [0.15, 0.2) is 42.6 Å². The second-order valence-corrected chi connectivity index (χ2v) is 10.9. The van der Waals surface area contributed by atoms with Crippen molar-refractivity contribution in [2.24, 2.45) is 12.5 Å². The first-order valence-corrected chi connectivity index (χ1v) is 12.0. The van der Waals surface area contributed by atoms with Gasteiger partial charge in [0.05, 0.1) is 5.56 Å². The van der Waals surface area contributed by atoms with Crippen LogP contribution in [0.1, 0.15) is 78.8 Å². The van der Waals surface area contributed by atoms with E-state index < -0.39 is 0 Å². The van der Waals surface area contributed by atoms with Crippen LogP contribution in [-0.2, 0) is 13.5 Å². The van der Waals surface area contributed by atoms with Crippen molar-refractivity contribution < 1.29 is 4.57 Å². The molecule has 5 rings (SSSR count). The summed E-state index contributed by atoms with van der Waals surface area (Å²) in [5, 5.41) is 0. The summed E-state index contributed by atoms with van der Waals surface area (Å²) in [6.07, 6.45) is 8.66. The van der Waals surface area contributed by atoms with Crippen molar-refractivity contribution in [3.63, 3.8) is 0 Å². The second-order valence-electron chi connectivity index (χ2n) is 10.9. The number of aromatic nitrogens is 1. The lowest BCUT2D eigenvalue weighted by molar-refractivity contribution is -0.660. The molecule has 31 heavy (non-hydrogen) atoms. The average Bonchev–Trinajstić information content (AvgIpc) is 3.10. The summed E-state index contributed by atoms with van der Waals surface area (Å²) >= 11 is 0. The summed E-state index contributed by atoms with van der Waals surface area (Å²) in [6, 6.07) is 14.2. The van der Waals surface area contributed by atoms with Gasteiger partial charge < -0.3 is 0 Å². The lowest BCUT2D eigenvalue weighted by Crippen LogP contribution is -2.32. The van der Waals surface area contributed by atoms with E-state index in [1.54, 1.807) is 11.1 Å². The number of hydrogen-bond donors (Lipinski definition) is 0. The van der Waals surface area contributed by atoms with Gasteiger partial charge in [0.15, 0.2) is 6.20 Å². The molecule has 1 nitrogen and oxygen atoms in total. The first kappa shape index (κ1) is 20.5. The van der Waals surface area contributed by atoms with Crippen LogP contribution in [0.5, 0.6) is 0 Å². The summed E-state index contributed by atoms with van der Waals surface area (Å²) in [6.45, 7) is 11.6. The van der Waals surface area contributed by atoms with Crippen LogP contribution in [0.2, 0.25) is 0 Å². The fraction of sp³-hybridized carbons (Fsp3) is 0.433. The monoisotopic (exact) mass is 410 g/mol. The zero-order valence-electron chi connectivity index (χ0n) is 20.1. The minimum absolute atomic E-state index is 0.509. The molecule has 0 N–H and O–H groups in total. The van der Waals surface area contributed by atoms with Gasteiger partial charge in [-0.25, -0.2) is 4.57 Å². The van der Waals surface area contributed by atoms with Crippen LogP contribution in [0, 0.1) is 26.2 Å². The van der Waals surface area contributed by atoms with Gasteiger partial charge in [0.1, 0.15) is 7.05 Å². The van der Waals surface area contributed by atoms with Crippen molar-refractivity contribution in [1.29, 1.82) is 0 Å². The SMILES string of the molecule is Cc1cc(-c2c(C)ccc3c2Cc2cccc(C4CCC(C)(C)CC4)c2-3)[n+](C)cc1C. The van der Waals surface area contributed by atoms with Gasteiger partial charge in [-0.2, -0.15) is 0 Å². The van der Waals surface area contributed by atoms with Crippen LogP contribution in [-0.4, -0.2) is 0 Å². The fourth-order valence-corrected chi connectivity index (χ4v) is 6.01. The summed E-state index contributed by atoms with van der Waals surface area (Å²) in [5.74, 6) is 0.705. The molecule has 2 aliphatic carbocycles. The second kappa shape index (κ2) is 7.33. The predicted molar refractivity (Wildman–Crippen MR) is 130 cm³/mol. The van der Waals surface area contributed by atoms with E-state index in [0.29, 0.717) is 11.3 Å². The summed E-state index contributed by atoms with van der Waals surface area (Å²) in [5.41, 5.74) is 15.1. The van der Waals surface area contributed by atoms with E-state index in [1.165, 1.54) is 70.3 Å². The number of aryl methyl sites for hydroxylation is 4. The molecule has 160 valence electrons. The van der Waals surface area contributed by atoms with Crippen molar-refractivity contribution in [2.75, 3.05) is 0 Å². The third-order valence-electron chi connectivity index (χ3n) is 8.12. The Hall–Kier alpha value is -2.41. The van der Waals surface area contributed by atoms with E-state index in [0.717, 1.165) is 6.42 Å². The lowest BCUT2D eigenvalue weighted by Gasteiger charge is -2.35. The van der Waals surface area contributed by atoms with E-state index in [9.17, 15) is 0 Å². The zero-order chi connectivity index (χ0) is 21.9. The third-order valence-corrected chi connectivity index (χ3v) is 8.12.